The largest absolute Gasteiger partial charge is 0.438 e. The highest BCUT2D eigenvalue weighted by atomic mass is 19.1. The summed E-state index contributed by atoms with van der Waals surface area (Å²) in [5.41, 5.74) is 1.82. The fourth-order valence-electron chi connectivity index (χ4n) is 4.20. The average molecular weight is 466 g/mol. The van der Waals surface area contributed by atoms with Gasteiger partial charge in [0, 0.05) is 44.7 Å². The maximum Gasteiger partial charge on any atom is 0.254 e. The minimum Gasteiger partial charge on any atom is -0.438 e. The SMILES string of the molecule is CN1CCN(c2nc3c(c(Oc4ccc(F)cc4)n2)CN(C(=O)c2cccc(F)c2)CC3)CC1. The summed E-state index contributed by atoms with van der Waals surface area (Å²) in [5.74, 6) is 0.309. The topological polar surface area (TPSA) is 61.8 Å². The van der Waals surface area contributed by atoms with Crippen LogP contribution in [0.2, 0.25) is 0 Å². The van der Waals surface area contributed by atoms with Crippen molar-refractivity contribution < 1.29 is 18.3 Å². The molecule has 1 amide bonds. The van der Waals surface area contributed by atoms with Crippen LogP contribution < -0.4 is 9.64 Å². The zero-order chi connectivity index (χ0) is 23.7. The molecule has 1 aromatic heterocycles. The molecule has 0 atom stereocenters. The first-order valence-electron chi connectivity index (χ1n) is 11.3. The molecule has 1 saturated heterocycles. The van der Waals surface area contributed by atoms with Gasteiger partial charge >= 0.3 is 0 Å². The van der Waals surface area contributed by atoms with Crippen molar-refractivity contribution in [1.82, 2.24) is 19.8 Å². The van der Waals surface area contributed by atoms with Crippen LogP contribution in [-0.2, 0) is 13.0 Å². The second-order valence-corrected chi connectivity index (χ2v) is 8.59. The third-order valence-electron chi connectivity index (χ3n) is 6.18. The van der Waals surface area contributed by atoms with Crippen LogP contribution in [0.5, 0.6) is 11.6 Å². The fraction of sp³-hybridized carbons (Fsp3) is 0.320. The smallest absolute Gasteiger partial charge is 0.254 e. The molecule has 0 saturated carbocycles. The Hall–Kier alpha value is -3.59. The molecule has 34 heavy (non-hydrogen) atoms. The summed E-state index contributed by atoms with van der Waals surface area (Å²) in [5, 5.41) is 0. The number of carbonyl (C=O) groups is 1. The summed E-state index contributed by atoms with van der Waals surface area (Å²) in [4.78, 5) is 28.6. The van der Waals surface area contributed by atoms with E-state index < -0.39 is 5.82 Å². The van der Waals surface area contributed by atoms with Crippen molar-refractivity contribution in [2.45, 2.75) is 13.0 Å². The molecule has 0 radical (unpaired) electrons. The first kappa shape index (κ1) is 22.2. The third-order valence-corrected chi connectivity index (χ3v) is 6.18. The van der Waals surface area contributed by atoms with Gasteiger partial charge in [0.2, 0.25) is 11.8 Å². The number of likely N-dealkylation sites (N-methyl/N-ethyl adjacent to an activating group) is 1. The number of anilines is 1. The van der Waals surface area contributed by atoms with Crippen molar-refractivity contribution in [2.24, 2.45) is 0 Å². The van der Waals surface area contributed by atoms with E-state index in [1.165, 1.54) is 42.5 Å². The molecule has 5 rings (SSSR count). The zero-order valence-corrected chi connectivity index (χ0v) is 18.9. The van der Waals surface area contributed by atoms with Gasteiger partial charge in [-0.05, 0) is 49.5 Å². The van der Waals surface area contributed by atoms with Crippen molar-refractivity contribution in [3.63, 3.8) is 0 Å². The number of ether oxygens (including phenoxy) is 1. The van der Waals surface area contributed by atoms with E-state index in [2.05, 4.69) is 16.8 Å². The lowest BCUT2D eigenvalue weighted by molar-refractivity contribution is 0.0731. The van der Waals surface area contributed by atoms with Crippen LogP contribution in [-0.4, -0.2) is 65.4 Å². The maximum absolute atomic E-state index is 13.7. The van der Waals surface area contributed by atoms with Gasteiger partial charge in [0.05, 0.1) is 17.8 Å². The van der Waals surface area contributed by atoms with E-state index in [4.69, 9.17) is 14.7 Å². The lowest BCUT2D eigenvalue weighted by atomic mass is 10.0. The number of amides is 1. The van der Waals surface area contributed by atoms with Crippen LogP contribution in [0.4, 0.5) is 14.7 Å². The summed E-state index contributed by atoms with van der Waals surface area (Å²) in [6, 6.07) is 11.4. The normalized spacial score (nSPS) is 16.3. The number of benzene rings is 2. The van der Waals surface area contributed by atoms with E-state index in [9.17, 15) is 13.6 Å². The Morgan fingerprint density at radius 2 is 1.71 bits per heavy atom. The lowest BCUT2D eigenvalue weighted by Crippen LogP contribution is -2.45. The molecule has 0 aliphatic carbocycles. The monoisotopic (exact) mass is 465 g/mol. The molecular weight excluding hydrogens is 440 g/mol. The van der Waals surface area contributed by atoms with E-state index >= 15 is 0 Å². The fourth-order valence-corrected chi connectivity index (χ4v) is 4.20. The number of rotatable bonds is 4. The standard InChI is InChI=1S/C25H25F2N5O2/c1-30-11-13-31(14-12-30)25-28-22-9-10-32(24(33)17-3-2-4-19(27)15-17)16-21(22)23(29-25)34-20-7-5-18(26)6-8-20/h2-8,15H,9-14,16H2,1H3. The first-order valence-corrected chi connectivity index (χ1v) is 11.3. The van der Waals surface area contributed by atoms with Crippen LogP contribution in [0.1, 0.15) is 21.6 Å². The molecule has 0 N–H and O–H groups in total. The molecule has 0 unspecified atom stereocenters. The highest BCUT2D eigenvalue weighted by Gasteiger charge is 2.29. The van der Waals surface area contributed by atoms with E-state index in [1.807, 2.05) is 0 Å². The highest BCUT2D eigenvalue weighted by Crippen LogP contribution is 2.32. The Morgan fingerprint density at radius 1 is 0.941 bits per heavy atom. The Morgan fingerprint density at radius 3 is 2.44 bits per heavy atom. The van der Waals surface area contributed by atoms with Gasteiger partial charge in [-0.15, -0.1) is 0 Å². The Bertz CT molecular complexity index is 1200. The van der Waals surface area contributed by atoms with Gasteiger partial charge in [0.25, 0.3) is 5.91 Å². The van der Waals surface area contributed by atoms with Crippen LogP contribution in [0, 0.1) is 11.6 Å². The minimum atomic E-state index is -0.455. The molecule has 0 bridgehead atoms. The van der Waals surface area contributed by atoms with Crippen molar-refractivity contribution in [3.8, 4) is 11.6 Å². The Labute approximate surface area is 196 Å². The predicted molar refractivity (Wildman–Crippen MR) is 123 cm³/mol. The second-order valence-electron chi connectivity index (χ2n) is 8.59. The highest BCUT2D eigenvalue weighted by molar-refractivity contribution is 5.94. The van der Waals surface area contributed by atoms with Crippen LogP contribution in [0.3, 0.4) is 0 Å². The van der Waals surface area contributed by atoms with Gasteiger partial charge in [-0.2, -0.15) is 4.98 Å². The lowest BCUT2D eigenvalue weighted by Gasteiger charge is -2.34. The summed E-state index contributed by atoms with van der Waals surface area (Å²) >= 11 is 0. The molecule has 2 aromatic carbocycles. The van der Waals surface area contributed by atoms with Gasteiger partial charge in [-0.3, -0.25) is 4.79 Å². The van der Waals surface area contributed by atoms with Crippen LogP contribution >= 0.6 is 0 Å². The molecule has 1 fully saturated rings. The van der Waals surface area contributed by atoms with E-state index in [1.54, 1.807) is 11.0 Å². The van der Waals surface area contributed by atoms with Crippen molar-refractivity contribution in [1.29, 1.82) is 0 Å². The Kier molecular flexibility index (Phi) is 6.10. The van der Waals surface area contributed by atoms with Crippen molar-refractivity contribution in [3.05, 3.63) is 77.0 Å². The molecule has 7 nitrogen and oxygen atoms in total. The number of fused-ring (bicyclic) bond motifs is 1. The maximum atomic E-state index is 13.7. The third kappa shape index (κ3) is 4.70. The van der Waals surface area contributed by atoms with Crippen LogP contribution in [0.25, 0.3) is 0 Å². The van der Waals surface area contributed by atoms with E-state index in [0.29, 0.717) is 41.7 Å². The molecule has 3 heterocycles. The zero-order valence-electron chi connectivity index (χ0n) is 18.9. The summed E-state index contributed by atoms with van der Waals surface area (Å²) < 4.78 is 33.2. The number of hydrogen-bond acceptors (Lipinski definition) is 6. The number of aromatic nitrogens is 2. The van der Waals surface area contributed by atoms with Gasteiger partial charge in [-0.25, -0.2) is 13.8 Å². The summed E-state index contributed by atoms with van der Waals surface area (Å²) in [6.45, 7) is 4.11. The minimum absolute atomic E-state index is 0.240. The van der Waals surface area contributed by atoms with Gasteiger partial charge in [-0.1, -0.05) is 6.07 Å². The molecule has 2 aliphatic rings. The van der Waals surface area contributed by atoms with Gasteiger partial charge in [0.15, 0.2) is 0 Å². The molecule has 0 spiro atoms. The second kappa shape index (κ2) is 9.34. The quantitative estimate of drug-likeness (QED) is 0.588. The number of hydrogen-bond donors (Lipinski definition) is 0. The predicted octanol–water partition coefficient (Wildman–Crippen LogP) is 3.50. The number of piperazine rings is 1. The summed E-state index contributed by atoms with van der Waals surface area (Å²) in [6.07, 6.45) is 0.527. The first-order chi connectivity index (χ1) is 16.5. The van der Waals surface area contributed by atoms with E-state index in [0.717, 1.165) is 31.9 Å². The average Bonchev–Trinajstić information content (AvgIpc) is 2.85. The summed E-state index contributed by atoms with van der Waals surface area (Å²) in [7, 11) is 2.08. The van der Waals surface area contributed by atoms with Gasteiger partial charge < -0.3 is 19.4 Å². The van der Waals surface area contributed by atoms with E-state index in [-0.39, 0.29) is 18.3 Å². The molecule has 9 heteroatoms. The molecule has 2 aliphatic heterocycles. The van der Waals surface area contributed by atoms with Crippen molar-refractivity contribution in [2.75, 3.05) is 44.7 Å². The molecule has 3 aromatic rings. The van der Waals surface area contributed by atoms with Gasteiger partial charge in [0.1, 0.15) is 17.4 Å². The number of carbonyl (C=O) groups excluding carboxylic acids is 1. The van der Waals surface area contributed by atoms with Crippen LogP contribution in [0.15, 0.2) is 48.5 Å². The Balaban J connectivity index is 1.47. The molecule has 176 valence electrons. The molecular formula is C25H25F2N5O2. The number of halogens is 2. The number of nitrogens with zero attached hydrogens (tertiary/aromatic N) is 5. The van der Waals surface area contributed by atoms with Crippen molar-refractivity contribution >= 4 is 11.9 Å².